The lowest BCUT2D eigenvalue weighted by molar-refractivity contribution is -0.00215. The molecule has 0 unspecified atom stereocenters. The van der Waals surface area contributed by atoms with E-state index in [-0.39, 0.29) is 30.0 Å². The van der Waals surface area contributed by atoms with E-state index in [0.717, 1.165) is 12.1 Å². The Bertz CT molecular complexity index is 807. The normalized spacial score (nSPS) is 16.7. The van der Waals surface area contributed by atoms with Crippen molar-refractivity contribution in [2.75, 3.05) is 0 Å². The predicted octanol–water partition coefficient (Wildman–Crippen LogP) is 4.19. The summed E-state index contributed by atoms with van der Waals surface area (Å²) in [6.07, 6.45) is -3.77. The lowest BCUT2D eigenvalue weighted by Gasteiger charge is -2.26. The number of benzene rings is 1. The molecule has 0 amide bonds. The molecular formula is C17H13F4NO2. The van der Waals surface area contributed by atoms with Gasteiger partial charge in [-0.15, -0.1) is 0 Å². The van der Waals surface area contributed by atoms with E-state index in [1.54, 1.807) is 0 Å². The molecule has 1 atom stereocenters. The number of hydrogen-bond acceptors (Lipinski definition) is 3. The fourth-order valence-electron chi connectivity index (χ4n) is 2.68. The topological polar surface area (TPSA) is 39.2 Å². The largest absolute Gasteiger partial charge is 0.468 e. The minimum Gasteiger partial charge on any atom is -0.468 e. The first kappa shape index (κ1) is 16.4. The Balaban J connectivity index is 2.17. The monoisotopic (exact) mass is 339 g/mol. The van der Waals surface area contributed by atoms with Crippen LogP contribution in [-0.4, -0.2) is 23.3 Å². The van der Waals surface area contributed by atoms with Crippen molar-refractivity contribution in [1.82, 2.24) is 4.98 Å². The number of hydrogen-bond donors (Lipinski definition) is 0. The zero-order valence-electron chi connectivity index (χ0n) is 12.7. The van der Waals surface area contributed by atoms with Gasteiger partial charge in [0, 0.05) is 24.1 Å². The summed E-state index contributed by atoms with van der Waals surface area (Å²) in [5, 5.41) is 0. The van der Waals surface area contributed by atoms with Crippen LogP contribution in [0, 0.1) is 11.6 Å². The van der Waals surface area contributed by atoms with E-state index >= 15 is 0 Å². The summed E-state index contributed by atoms with van der Waals surface area (Å²) >= 11 is 0. The van der Waals surface area contributed by atoms with Crippen LogP contribution >= 0.6 is 0 Å². The van der Waals surface area contributed by atoms with Crippen LogP contribution in [0.4, 0.5) is 17.6 Å². The van der Waals surface area contributed by atoms with Crippen molar-refractivity contribution in [3.05, 3.63) is 47.2 Å². The highest BCUT2D eigenvalue weighted by Gasteiger charge is 2.31. The van der Waals surface area contributed by atoms with Gasteiger partial charge in [-0.2, -0.15) is 0 Å². The van der Waals surface area contributed by atoms with Crippen LogP contribution in [0.25, 0.3) is 11.1 Å². The quantitative estimate of drug-likeness (QED) is 0.622. The molecule has 3 nitrogen and oxygen atoms in total. The Hall–Kier alpha value is -2.44. The van der Waals surface area contributed by atoms with Gasteiger partial charge in [0.25, 0.3) is 6.43 Å². The van der Waals surface area contributed by atoms with Gasteiger partial charge >= 0.3 is 0 Å². The number of Topliss-reactive ketones (excluding diaryl/α,β-unsaturated/α-hetero) is 1. The summed E-state index contributed by atoms with van der Waals surface area (Å²) in [4.78, 5) is 15.6. The second kappa shape index (κ2) is 6.22. The summed E-state index contributed by atoms with van der Waals surface area (Å²) in [5.74, 6) is -2.06. The van der Waals surface area contributed by atoms with E-state index in [9.17, 15) is 22.4 Å². The third-order valence-corrected chi connectivity index (χ3v) is 3.89. The molecule has 0 radical (unpaired) electrons. The number of fused-ring (bicyclic) bond motifs is 1. The predicted molar refractivity (Wildman–Crippen MR) is 78.3 cm³/mol. The third-order valence-electron chi connectivity index (χ3n) is 3.89. The maximum Gasteiger partial charge on any atom is 0.274 e. The van der Waals surface area contributed by atoms with Gasteiger partial charge in [0.15, 0.2) is 11.9 Å². The van der Waals surface area contributed by atoms with Crippen LogP contribution in [0.3, 0.4) is 0 Å². The molecule has 0 bridgehead atoms. The molecule has 1 aromatic carbocycles. The molecule has 3 rings (SSSR count). The molecule has 1 aliphatic heterocycles. The summed E-state index contributed by atoms with van der Waals surface area (Å²) in [5.41, 5.74) is 0.775. The molecule has 1 aromatic heterocycles. The molecule has 0 aliphatic carbocycles. The number of rotatable bonds is 3. The van der Waals surface area contributed by atoms with Gasteiger partial charge < -0.3 is 4.74 Å². The molecule has 0 saturated heterocycles. The Labute approximate surface area is 135 Å². The first-order valence-electron chi connectivity index (χ1n) is 7.32. The van der Waals surface area contributed by atoms with Crippen LogP contribution in [-0.2, 0) is 6.42 Å². The molecular weight excluding hydrogens is 326 g/mol. The Kier molecular flexibility index (Phi) is 4.26. The van der Waals surface area contributed by atoms with Crippen LogP contribution in [0.2, 0.25) is 0 Å². The molecule has 1 aliphatic rings. The molecule has 0 spiro atoms. The number of pyridine rings is 1. The number of aromatic nitrogens is 1. The van der Waals surface area contributed by atoms with Crippen molar-refractivity contribution in [2.45, 2.75) is 32.3 Å². The molecule has 7 heteroatoms. The number of ether oxygens (including phenoxy) is 1. The average Bonchev–Trinajstić information content (AvgIpc) is 2.53. The van der Waals surface area contributed by atoms with Crippen molar-refractivity contribution < 1.29 is 27.1 Å². The van der Waals surface area contributed by atoms with Crippen LogP contribution in [0.1, 0.15) is 29.4 Å². The van der Waals surface area contributed by atoms with E-state index in [0.29, 0.717) is 11.1 Å². The summed E-state index contributed by atoms with van der Waals surface area (Å²) in [7, 11) is 0. The highest BCUT2D eigenvalue weighted by molar-refractivity contribution is 5.94. The number of halogens is 4. The number of ketones is 1. The molecule has 2 aromatic rings. The summed E-state index contributed by atoms with van der Waals surface area (Å²) < 4.78 is 58.2. The van der Waals surface area contributed by atoms with Crippen molar-refractivity contribution in [1.29, 1.82) is 0 Å². The van der Waals surface area contributed by atoms with Crippen molar-refractivity contribution >= 4 is 5.78 Å². The molecule has 126 valence electrons. The van der Waals surface area contributed by atoms with Gasteiger partial charge in [-0.1, -0.05) is 0 Å². The molecule has 2 heterocycles. The van der Waals surface area contributed by atoms with Crippen molar-refractivity contribution in [2.24, 2.45) is 0 Å². The molecule has 0 saturated carbocycles. The zero-order chi connectivity index (χ0) is 17.4. The second-order valence-corrected chi connectivity index (χ2v) is 5.55. The van der Waals surface area contributed by atoms with Crippen molar-refractivity contribution in [3.63, 3.8) is 0 Å². The van der Waals surface area contributed by atoms with E-state index in [4.69, 9.17) is 4.74 Å². The minimum absolute atomic E-state index is 0.0256. The SMILES string of the molecule is CC(=O)c1cc(-c2ccc(F)cc2F)c2c(n1)O[C@H](C(F)F)CC2. The van der Waals surface area contributed by atoms with Gasteiger partial charge in [-0.3, -0.25) is 4.79 Å². The number of alkyl halides is 2. The number of nitrogens with zero attached hydrogens (tertiary/aromatic N) is 1. The standard InChI is InChI=1S/C17H13F4NO2/c1-8(23)14-7-12(10-3-2-9(18)6-13(10)19)11-4-5-15(16(20)21)24-17(11)22-14/h2-3,6-7,15-16H,4-5H2,1H3/t15-/m0/s1. The van der Waals surface area contributed by atoms with Crippen LogP contribution in [0.5, 0.6) is 5.88 Å². The minimum atomic E-state index is -2.69. The first-order valence-corrected chi connectivity index (χ1v) is 7.32. The highest BCUT2D eigenvalue weighted by atomic mass is 19.3. The number of carbonyl (C=O) groups excluding carboxylic acids is 1. The second-order valence-electron chi connectivity index (χ2n) is 5.55. The van der Waals surface area contributed by atoms with E-state index in [1.165, 1.54) is 19.1 Å². The van der Waals surface area contributed by atoms with Gasteiger partial charge in [-0.25, -0.2) is 22.5 Å². The fourth-order valence-corrected chi connectivity index (χ4v) is 2.68. The Morgan fingerprint density at radius 1 is 1.25 bits per heavy atom. The van der Waals surface area contributed by atoms with Gasteiger partial charge in [0.05, 0.1) is 0 Å². The molecule has 24 heavy (non-hydrogen) atoms. The van der Waals surface area contributed by atoms with Gasteiger partial charge in [0.2, 0.25) is 5.88 Å². The van der Waals surface area contributed by atoms with Crippen LogP contribution < -0.4 is 4.74 Å². The van der Waals surface area contributed by atoms with E-state index in [2.05, 4.69) is 4.98 Å². The zero-order valence-corrected chi connectivity index (χ0v) is 12.7. The molecule has 0 fully saturated rings. The van der Waals surface area contributed by atoms with Crippen molar-refractivity contribution in [3.8, 4) is 17.0 Å². The lowest BCUT2D eigenvalue weighted by atomic mass is 9.93. The Morgan fingerprint density at radius 2 is 2.00 bits per heavy atom. The van der Waals surface area contributed by atoms with Crippen LogP contribution in [0.15, 0.2) is 24.3 Å². The first-order chi connectivity index (χ1) is 11.4. The number of carbonyl (C=O) groups is 1. The van der Waals surface area contributed by atoms with Gasteiger partial charge in [0.1, 0.15) is 17.3 Å². The maximum absolute atomic E-state index is 14.1. The molecule has 0 N–H and O–H groups in total. The summed E-state index contributed by atoms with van der Waals surface area (Å²) in [6.45, 7) is 1.26. The van der Waals surface area contributed by atoms with E-state index < -0.39 is 29.9 Å². The third kappa shape index (κ3) is 2.98. The Morgan fingerprint density at radius 3 is 2.62 bits per heavy atom. The maximum atomic E-state index is 14.1. The lowest BCUT2D eigenvalue weighted by Crippen LogP contribution is -2.30. The average molecular weight is 339 g/mol. The van der Waals surface area contributed by atoms with E-state index in [1.807, 2.05) is 0 Å². The smallest absolute Gasteiger partial charge is 0.274 e. The fraction of sp³-hybridized carbons (Fsp3) is 0.294. The van der Waals surface area contributed by atoms with Gasteiger partial charge in [-0.05, 0) is 36.6 Å². The highest BCUT2D eigenvalue weighted by Crippen LogP contribution is 2.37. The summed E-state index contributed by atoms with van der Waals surface area (Å²) in [6, 6.07) is 4.43.